The maximum Gasteiger partial charge on any atom is 0.284 e. The van der Waals surface area contributed by atoms with E-state index in [1.807, 2.05) is 24.3 Å². The van der Waals surface area contributed by atoms with E-state index in [0.29, 0.717) is 11.3 Å². The summed E-state index contributed by atoms with van der Waals surface area (Å²) < 4.78 is 9.78. The first kappa shape index (κ1) is 12.5. The zero-order valence-corrected chi connectivity index (χ0v) is 9.87. The van der Waals surface area contributed by atoms with Crippen LogP contribution < -0.4 is 5.73 Å². The van der Waals surface area contributed by atoms with Gasteiger partial charge in [0.05, 0.1) is 6.26 Å². The van der Waals surface area contributed by atoms with Crippen molar-refractivity contribution in [3.8, 4) is 6.07 Å². The van der Waals surface area contributed by atoms with Crippen LogP contribution in [-0.4, -0.2) is 5.91 Å². The monoisotopic (exact) mass is 254 g/mol. The zero-order chi connectivity index (χ0) is 13.7. The molecule has 3 rings (SSSR count). The maximum absolute atomic E-state index is 10.7. The highest BCUT2D eigenvalue weighted by atomic mass is 16.3. The fourth-order valence-electron chi connectivity index (χ4n) is 1.45. The van der Waals surface area contributed by atoms with Gasteiger partial charge in [0.15, 0.2) is 5.76 Å². The van der Waals surface area contributed by atoms with Crippen molar-refractivity contribution in [3.05, 3.63) is 60.2 Å². The summed E-state index contributed by atoms with van der Waals surface area (Å²) in [5.74, 6) is 0.0300. The van der Waals surface area contributed by atoms with E-state index < -0.39 is 5.91 Å². The molecule has 5 heteroatoms. The smallest absolute Gasteiger partial charge is 0.284 e. The van der Waals surface area contributed by atoms with Crippen molar-refractivity contribution in [1.29, 1.82) is 5.26 Å². The Balaban J connectivity index is 0.000000163. The van der Waals surface area contributed by atoms with Gasteiger partial charge in [0.1, 0.15) is 11.7 Å². The van der Waals surface area contributed by atoms with E-state index in [0.717, 1.165) is 5.39 Å². The molecule has 0 radical (unpaired) electrons. The van der Waals surface area contributed by atoms with Gasteiger partial charge in [-0.15, -0.1) is 0 Å². The third-order valence-corrected chi connectivity index (χ3v) is 2.30. The van der Waals surface area contributed by atoms with Crippen LogP contribution in [0.4, 0.5) is 0 Å². The Morgan fingerprint density at radius 2 is 2.00 bits per heavy atom. The van der Waals surface area contributed by atoms with Gasteiger partial charge in [-0.1, -0.05) is 18.2 Å². The van der Waals surface area contributed by atoms with Crippen LogP contribution >= 0.6 is 0 Å². The third kappa shape index (κ3) is 3.01. The second-order valence-corrected chi connectivity index (χ2v) is 3.60. The fraction of sp³-hybridized carbons (Fsp3) is 0. The molecule has 94 valence electrons. The van der Waals surface area contributed by atoms with E-state index in [1.165, 1.54) is 6.26 Å². The standard InChI is InChI=1S/C9H7NO2.C5H3NO/c10-9(11)8-5-6-3-1-2-4-7(6)12-8;6-4-5-2-1-3-7-5/h1-5H,(H2,10,11);1-3H. The van der Waals surface area contributed by atoms with Crippen LogP contribution in [-0.2, 0) is 0 Å². The van der Waals surface area contributed by atoms with Gasteiger partial charge in [-0.25, -0.2) is 0 Å². The molecule has 0 saturated carbocycles. The number of amides is 1. The number of furan rings is 2. The first-order valence-corrected chi connectivity index (χ1v) is 5.42. The highest BCUT2D eigenvalue weighted by molar-refractivity contribution is 5.94. The molecule has 0 bridgehead atoms. The number of carbonyl (C=O) groups excluding carboxylic acids is 1. The average molecular weight is 254 g/mol. The Hall–Kier alpha value is -3.00. The molecule has 0 saturated heterocycles. The number of carbonyl (C=O) groups is 1. The Labute approximate surface area is 108 Å². The topological polar surface area (TPSA) is 93.2 Å². The van der Waals surface area contributed by atoms with E-state index in [1.54, 1.807) is 24.3 Å². The summed E-state index contributed by atoms with van der Waals surface area (Å²) in [5.41, 5.74) is 5.73. The molecule has 0 fully saturated rings. The second kappa shape index (κ2) is 5.56. The Morgan fingerprint density at radius 3 is 2.53 bits per heavy atom. The molecule has 3 aromatic rings. The number of nitriles is 1. The van der Waals surface area contributed by atoms with Crippen LogP contribution in [0.25, 0.3) is 11.0 Å². The molecule has 0 unspecified atom stereocenters. The van der Waals surface area contributed by atoms with E-state index >= 15 is 0 Å². The summed E-state index contributed by atoms with van der Waals surface area (Å²) >= 11 is 0. The number of primary amides is 1. The van der Waals surface area contributed by atoms with Crippen molar-refractivity contribution in [2.75, 3.05) is 0 Å². The van der Waals surface area contributed by atoms with Gasteiger partial charge in [0.2, 0.25) is 5.76 Å². The summed E-state index contributed by atoms with van der Waals surface area (Å²) in [6.07, 6.45) is 1.47. The molecule has 2 heterocycles. The van der Waals surface area contributed by atoms with Gasteiger partial charge in [-0.2, -0.15) is 5.26 Å². The number of benzene rings is 1. The minimum absolute atomic E-state index is 0.205. The van der Waals surface area contributed by atoms with Gasteiger partial charge in [0.25, 0.3) is 5.91 Å². The second-order valence-electron chi connectivity index (χ2n) is 3.60. The molecule has 5 nitrogen and oxygen atoms in total. The lowest BCUT2D eigenvalue weighted by atomic mass is 10.2. The van der Waals surface area contributed by atoms with Crippen molar-refractivity contribution < 1.29 is 13.6 Å². The van der Waals surface area contributed by atoms with Gasteiger partial charge in [0, 0.05) is 5.39 Å². The van der Waals surface area contributed by atoms with Crippen molar-refractivity contribution in [1.82, 2.24) is 0 Å². The number of hydrogen-bond donors (Lipinski definition) is 1. The lowest BCUT2D eigenvalue weighted by Crippen LogP contribution is -2.08. The molecule has 19 heavy (non-hydrogen) atoms. The normalized spacial score (nSPS) is 9.42. The van der Waals surface area contributed by atoms with Crippen LogP contribution in [0, 0.1) is 11.3 Å². The number of rotatable bonds is 1. The molecule has 0 aliphatic rings. The van der Waals surface area contributed by atoms with Gasteiger partial charge in [-0.3, -0.25) is 4.79 Å². The van der Waals surface area contributed by atoms with E-state index in [9.17, 15) is 4.79 Å². The van der Waals surface area contributed by atoms with Crippen LogP contribution in [0.1, 0.15) is 16.3 Å². The molecule has 0 aliphatic heterocycles. The Bertz CT molecular complexity index is 688. The lowest BCUT2D eigenvalue weighted by Gasteiger charge is -1.83. The number of nitrogens with two attached hydrogens (primary N) is 1. The molecule has 1 aromatic carbocycles. The minimum Gasteiger partial charge on any atom is -0.454 e. The third-order valence-electron chi connectivity index (χ3n) is 2.30. The van der Waals surface area contributed by atoms with Gasteiger partial charge in [-0.05, 0) is 24.3 Å². The van der Waals surface area contributed by atoms with Crippen molar-refractivity contribution >= 4 is 16.9 Å². The quantitative estimate of drug-likeness (QED) is 0.722. The van der Waals surface area contributed by atoms with Crippen molar-refractivity contribution in [2.24, 2.45) is 5.73 Å². The number of fused-ring (bicyclic) bond motifs is 1. The van der Waals surface area contributed by atoms with E-state index in [4.69, 9.17) is 15.4 Å². The molecule has 0 spiro atoms. The largest absolute Gasteiger partial charge is 0.454 e. The van der Waals surface area contributed by atoms with Crippen LogP contribution in [0.2, 0.25) is 0 Å². The maximum atomic E-state index is 10.7. The lowest BCUT2D eigenvalue weighted by molar-refractivity contribution is 0.0976. The van der Waals surface area contributed by atoms with Gasteiger partial charge >= 0.3 is 0 Å². The summed E-state index contributed by atoms with van der Waals surface area (Å²) in [6, 6.07) is 14.1. The molecular formula is C14H10N2O3. The summed E-state index contributed by atoms with van der Waals surface area (Å²) in [6.45, 7) is 0. The minimum atomic E-state index is -0.536. The number of hydrogen-bond acceptors (Lipinski definition) is 4. The van der Waals surface area contributed by atoms with Gasteiger partial charge < -0.3 is 14.6 Å². The van der Waals surface area contributed by atoms with Crippen molar-refractivity contribution in [3.63, 3.8) is 0 Å². The molecule has 1 amide bonds. The molecule has 2 N–H and O–H groups in total. The Morgan fingerprint density at radius 1 is 1.21 bits per heavy atom. The summed E-state index contributed by atoms with van der Waals surface area (Å²) in [5, 5.41) is 8.98. The summed E-state index contributed by atoms with van der Waals surface area (Å²) in [4.78, 5) is 10.7. The first-order valence-electron chi connectivity index (χ1n) is 5.42. The highest BCUT2D eigenvalue weighted by Crippen LogP contribution is 2.17. The molecular weight excluding hydrogens is 244 g/mol. The van der Waals surface area contributed by atoms with Crippen LogP contribution in [0.3, 0.4) is 0 Å². The average Bonchev–Trinajstić information content (AvgIpc) is 3.08. The zero-order valence-electron chi connectivity index (χ0n) is 9.87. The summed E-state index contributed by atoms with van der Waals surface area (Å²) in [7, 11) is 0. The fourth-order valence-corrected chi connectivity index (χ4v) is 1.45. The number of nitrogens with zero attached hydrogens (tertiary/aromatic N) is 1. The number of para-hydroxylation sites is 1. The van der Waals surface area contributed by atoms with E-state index in [-0.39, 0.29) is 5.76 Å². The molecule has 2 aromatic heterocycles. The Kier molecular flexibility index (Phi) is 3.64. The highest BCUT2D eigenvalue weighted by Gasteiger charge is 2.06. The SMILES string of the molecule is N#Cc1ccco1.NC(=O)c1cc2ccccc2o1. The van der Waals surface area contributed by atoms with Crippen LogP contribution in [0.15, 0.2) is 57.6 Å². The predicted molar refractivity (Wildman–Crippen MR) is 68.2 cm³/mol. The first-order chi connectivity index (χ1) is 9.20. The van der Waals surface area contributed by atoms with E-state index in [2.05, 4.69) is 4.42 Å². The molecule has 0 atom stereocenters. The van der Waals surface area contributed by atoms with Crippen molar-refractivity contribution in [2.45, 2.75) is 0 Å². The predicted octanol–water partition coefficient (Wildman–Crippen LogP) is 2.68. The van der Waals surface area contributed by atoms with Crippen LogP contribution in [0.5, 0.6) is 0 Å². The molecule has 0 aliphatic carbocycles.